The topological polar surface area (TPSA) is 52.6 Å². The van der Waals surface area contributed by atoms with E-state index in [0.29, 0.717) is 13.0 Å². The van der Waals surface area contributed by atoms with Crippen molar-refractivity contribution in [3.05, 3.63) is 12.2 Å². The molecule has 0 saturated heterocycles. The van der Waals surface area contributed by atoms with E-state index in [0.717, 1.165) is 25.7 Å². The average Bonchev–Trinajstić information content (AvgIpc) is 2.39. The molecule has 0 rings (SSSR count). The van der Waals surface area contributed by atoms with Gasteiger partial charge in [0.25, 0.3) is 0 Å². The van der Waals surface area contributed by atoms with Crippen molar-refractivity contribution in [1.82, 2.24) is 0 Å². The van der Waals surface area contributed by atoms with Crippen molar-refractivity contribution in [2.45, 2.75) is 58.3 Å². The number of carbonyl (C=O) groups is 2. The lowest BCUT2D eigenvalue weighted by Crippen LogP contribution is -1.99. The predicted molar refractivity (Wildman–Crippen MR) is 74.7 cm³/mol. The minimum Gasteiger partial charge on any atom is -0.469 e. The second-order valence-electron chi connectivity index (χ2n) is 4.51. The highest BCUT2D eigenvalue weighted by molar-refractivity contribution is 5.68. The Balaban J connectivity index is 3.14. The van der Waals surface area contributed by atoms with Crippen LogP contribution in [0.1, 0.15) is 58.3 Å². The summed E-state index contributed by atoms with van der Waals surface area (Å²) in [4.78, 5) is 21.3. The van der Waals surface area contributed by atoms with E-state index in [4.69, 9.17) is 4.74 Å². The predicted octanol–water partition coefficient (Wildman–Crippen LogP) is 3.40. The van der Waals surface area contributed by atoms with E-state index in [1.54, 1.807) is 0 Å². The quantitative estimate of drug-likeness (QED) is 0.328. The molecule has 0 atom stereocenters. The van der Waals surface area contributed by atoms with Gasteiger partial charge >= 0.3 is 11.9 Å². The van der Waals surface area contributed by atoms with Crippen LogP contribution in [-0.4, -0.2) is 25.7 Å². The number of rotatable bonds is 11. The molecule has 0 amide bonds. The van der Waals surface area contributed by atoms with Gasteiger partial charge in [-0.2, -0.15) is 0 Å². The van der Waals surface area contributed by atoms with Gasteiger partial charge in [0.2, 0.25) is 0 Å². The fourth-order valence-electron chi connectivity index (χ4n) is 1.69. The summed E-state index contributed by atoms with van der Waals surface area (Å²) in [6.45, 7) is 1.79. The van der Waals surface area contributed by atoms with Crippen LogP contribution in [0.5, 0.6) is 0 Å². The molecule has 19 heavy (non-hydrogen) atoms. The van der Waals surface area contributed by atoms with Crippen LogP contribution < -0.4 is 0 Å². The third kappa shape index (κ3) is 14.6. The van der Waals surface area contributed by atoms with Crippen molar-refractivity contribution in [2.24, 2.45) is 0 Å². The lowest BCUT2D eigenvalue weighted by Gasteiger charge is -2.00. The van der Waals surface area contributed by atoms with Crippen molar-refractivity contribution in [3.63, 3.8) is 0 Å². The molecule has 0 heterocycles. The Morgan fingerprint density at radius 2 is 1.58 bits per heavy atom. The summed E-state index contributed by atoms with van der Waals surface area (Å²) in [6, 6.07) is 0. The van der Waals surface area contributed by atoms with E-state index >= 15 is 0 Å². The molecule has 0 spiro atoms. The number of allylic oxidation sites excluding steroid dienone is 1. The second kappa shape index (κ2) is 13.1. The van der Waals surface area contributed by atoms with Gasteiger partial charge in [-0.05, 0) is 19.3 Å². The van der Waals surface area contributed by atoms with Crippen LogP contribution in [0.25, 0.3) is 0 Å². The minimum absolute atomic E-state index is 0.113. The Hall–Kier alpha value is -1.32. The molecule has 4 heteroatoms. The largest absolute Gasteiger partial charge is 0.469 e. The molecule has 0 aliphatic rings. The lowest BCUT2D eigenvalue weighted by atomic mass is 10.1. The highest BCUT2D eigenvalue weighted by Crippen LogP contribution is 2.09. The first-order valence-corrected chi connectivity index (χ1v) is 7.02. The zero-order chi connectivity index (χ0) is 14.3. The smallest absolute Gasteiger partial charge is 0.305 e. The molecule has 0 radical (unpaired) electrons. The first-order valence-electron chi connectivity index (χ1n) is 7.02. The molecule has 0 aromatic rings. The van der Waals surface area contributed by atoms with Gasteiger partial charge in [-0.1, -0.05) is 37.8 Å². The molecule has 0 bridgehead atoms. The zero-order valence-electron chi connectivity index (χ0n) is 12.2. The van der Waals surface area contributed by atoms with E-state index in [1.807, 2.05) is 6.08 Å². The molecule has 0 fully saturated rings. The van der Waals surface area contributed by atoms with E-state index in [-0.39, 0.29) is 11.9 Å². The molecule has 0 aromatic heterocycles. The Morgan fingerprint density at radius 1 is 0.947 bits per heavy atom. The first kappa shape index (κ1) is 17.7. The van der Waals surface area contributed by atoms with Gasteiger partial charge in [0, 0.05) is 13.3 Å². The average molecular weight is 270 g/mol. The third-order valence-electron chi connectivity index (χ3n) is 2.78. The molecule has 110 valence electrons. The van der Waals surface area contributed by atoms with Crippen LogP contribution in [0.15, 0.2) is 12.2 Å². The number of hydrogen-bond acceptors (Lipinski definition) is 4. The molecular formula is C15H26O4. The van der Waals surface area contributed by atoms with Gasteiger partial charge in [0.1, 0.15) is 6.61 Å². The van der Waals surface area contributed by atoms with Crippen LogP contribution in [0.3, 0.4) is 0 Å². The van der Waals surface area contributed by atoms with E-state index in [1.165, 1.54) is 33.3 Å². The molecule has 0 aliphatic carbocycles. The van der Waals surface area contributed by atoms with Crippen molar-refractivity contribution in [2.75, 3.05) is 13.7 Å². The van der Waals surface area contributed by atoms with Gasteiger partial charge < -0.3 is 9.47 Å². The maximum Gasteiger partial charge on any atom is 0.305 e. The summed E-state index contributed by atoms with van der Waals surface area (Å²) in [6.07, 6.45) is 12.3. The highest BCUT2D eigenvalue weighted by atomic mass is 16.5. The summed E-state index contributed by atoms with van der Waals surface area (Å²) >= 11 is 0. The summed E-state index contributed by atoms with van der Waals surface area (Å²) in [5.74, 6) is -0.352. The number of esters is 2. The lowest BCUT2D eigenvalue weighted by molar-refractivity contribution is -0.141. The fraction of sp³-hybridized carbons (Fsp3) is 0.733. The summed E-state index contributed by atoms with van der Waals surface area (Å²) < 4.78 is 9.36. The number of methoxy groups -OCH3 is 1. The molecule has 0 aliphatic heterocycles. The van der Waals surface area contributed by atoms with Crippen LogP contribution in [0, 0.1) is 0 Å². The molecular weight excluding hydrogens is 244 g/mol. The van der Waals surface area contributed by atoms with Crippen LogP contribution in [0.2, 0.25) is 0 Å². The minimum atomic E-state index is -0.239. The monoisotopic (exact) mass is 270 g/mol. The Labute approximate surface area is 116 Å². The summed E-state index contributed by atoms with van der Waals surface area (Å²) in [7, 11) is 1.43. The fourth-order valence-corrected chi connectivity index (χ4v) is 1.69. The molecule has 0 N–H and O–H groups in total. The van der Waals surface area contributed by atoms with Crippen LogP contribution in [0.4, 0.5) is 0 Å². The zero-order valence-corrected chi connectivity index (χ0v) is 12.2. The van der Waals surface area contributed by atoms with E-state index in [2.05, 4.69) is 10.8 Å². The Kier molecular flexibility index (Phi) is 12.2. The second-order valence-corrected chi connectivity index (χ2v) is 4.51. The van der Waals surface area contributed by atoms with Crippen molar-refractivity contribution < 1.29 is 19.1 Å². The molecule has 0 aromatic carbocycles. The van der Waals surface area contributed by atoms with Gasteiger partial charge in [0.05, 0.1) is 7.11 Å². The van der Waals surface area contributed by atoms with Crippen LogP contribution in [-0.2, 0) is 19.1 Å². The normalized spacial score (nSPS) is 10.6. The summed E-state index contributed by atoms with van der Waals surface area (Å²) in [5, 5.41) is 0. The number of hydrogen-bond donors (Lipinski definition) is 0. The Bertz CT molecular complexity index is 271. The summed E-state index contributed by atoms with van der Waals surface area (Å²) in [5.41, 5.74) is 0. The number of unbranched alkanes of at least 4 members (excludes halogenated alkanes) is 6. The highest BCUT2D eigenvalue weighted by Gasteiger charge is 1.98. The van der Waals surface area contributed by atoms with Crippen LogP contribution >= 0.6 is 0 Å². The third-order valence-corrected chi connectivity index (χ3v) is 2.78. The van der Waals surface area contributed by atoms with Gasteiger partial charge in [-0.15, -0.1) is 0 Å². The maximum absolute atomic E-state index is 10.9. The molecule has 4 nitrogen and oxygen atoms in total. The van der Waals surface area contributed by atoms with Gasteiger partial charge in [-0.3, -0.25) is 9.59 Å². The van der Waals surface area contributed by atoms with E-state index in [9.17, 15) is 9.59 Å². The standard InChI is InChI=1S/C15H26O4/c1-14(16)19-13-11-9-7-5-3-4-6-8-10-12-15(17)18-2/h9,11H,3-8,10,12-13H2,1-2H3. The van der Waals surface area contributed by atoms with Gasteiger partial charge in [0.15, 0.2) is 0 Å². The van der Waals surface area contributed by atoms with Gasteiger partial charge in [-0.25, -0.2) is 0 Å². The maximum atomic E-state index is 10.9. The first-order chi connectivity index (χ1) is 9.16. The van der Waals surface area contributed by atoms with Crippen molar-refractivity contribution >= 4 is 11.9 Å². The van der Waals surface area contributed by atoms with Crippen molar-refractivity contribution in [1.29, 1.82) is 0 Å². The number of carbonyl (C=O) groups excluding carboxylic acids is 2. The van der Waals surface area contributed by atoms with Crippen molar-refractivity contribution in [3.8, 4) is 0 Å². The SMILES string of the molecule is COC(=O)CCCCCCCCC=CCOC(C)=O. The Morgan fingerprint density at radius 3 is 2.21 bits per heavy atom. The molecule has 0 saturated carbocycles. The van der Waals surface area contributed by atoms with E-state index < -0.39 is 0 Å². The number of ether oxygens (including phenoxy) is 2. The molecule has 0 unspecified atom stereocenters.